The molecule has 1 heterocycles. The highest BCUT2D eigenvalue weighted by molar-refractivity contribution is 5.71. The largest absolute Gasteiger partial charge is 0.481 e. The van der Waals surface area contributed by atoms with Crippen LogP contribution < -0.4 is 4.74 Å². The Labute approximate surface area is 108 Å². The number of nitro groups is 1. The number of nitrogens with zero attached hydrogens (tertiary/aromatic N) is 3. The van der Waals surface area contributed by atoms with E-state index in [1.807, 2.05) is 0 Å². The summed E-state index contributed by atoms with van der Waals surface area (Å²) in [5, 5.41) is 19.9. The molecule has 0 N–H and O–H groups in total. The van der Waals surface area contributed by atoms with Gasteiger partial charge in [0.25, 0.3) is 5.69 Å². The Morgan fingerprint density at radius 3 is 2.74 bits per heavy atom. The number of ether oxygens (including phenoxy) is 2. The second-order valence-corrected chi connectivity index (χ2v) is 3.48. The van der Waals surface area contributed by atoms with Gasteiger partial charge in [-0.1, -0.05) is 0 Å². The predicted octanol–water partition coefficient (Wildman–Crippen LogP) is 1.17. The van der Waals surface area contributed by atoms with Crippen molar-refractivity contribution in [2.45, 2.75) is 12.3 Å². The Morgan fingerprint density at radius 1 is 1.58 bits per heavy atom. The second-order valence-electron chi connectivity index (χ2n) is 3.48. The molecule has 8 heteroatoms. The number of nitriles is 1. The fraction of sp³-hybridized carbons (Fsp3) is 0.364. The number of aromatic nitrogens is 1. The summed E-state index contributed by atoms with van der Waals surface area (Å²) < 4.78 is 9.30. The zero-order valence-corrected chi connectivity index (χ0v) is 10.3. The third-order valence-electron chi connectivity index (χ3n) is 2.37. The van der Waals surface area contributed by atoms with Crippen LogP contribution in [0.25, 0.3) is 0 Å². The molecular weight excluding hydrogens is 254 g/mol. The Hall–Kier alpha value is -2.69. The van der Waals surface area contributed by atoms with Crippen LogP contribution in [0.1, 0.15) is 18.0 Å². The van der Waals surface area contributed by atoms with Crippen LogP contribution in [-0.4, -0.2) is 30.1 Å². The minimum Gasteiger partial charge on any atom is -0.481 e. The van der Waals surface area contributed by atoms with E-state index in [9.17, 15) is 14.9 Å². The molecule has 0 saturated carbocycles. The van der Waals surface area contributed by atoms with E-state index in [1.165, 1.54) is 26.4 Å². The molecule has 0 radical (unpaired) electrons. The van der Waals surface area contributed by atoms with Gasteiger partial charge in [-0.25, -0.2) is 4.98 Å². The van der Waals surface area contributed by atoms with Crippen molar-refractivity contribution in [2.75, 3.05) is 14.2 Å². The average molecular weight is 265 g/mol. The summed E-state index contributed by atoms with van der Waals surface area (Å²) in [5.41, 5.74) is -0.450. The van der Waals surface area contributed by atoms with Crippen molar-refractivity contribution in [3.05, 3.63) is 27.9 Å². The molecule has 0 aliphatic carbocycles. The normalized spacial score (nSPS) is 11.2. The van der Waals surface area contributed by atoms with Gasteiger partial charge in [-0.2, -0.15) is 5.26 Å². The number of hydrogen-bond donors (Lipinski definition) is 0. The molecule has 8 nitrogen and oxygen atoms in total. The maximum Gasteiger partial charge on any atom is 0.307 e. The highest BCUT2D eigenvalue weighted by Gasteiger charge is 2.27. The van der Waals surface area contributed by atoms with E-state index in [4.69, 9.17) is 10.00 Å². The molecule has 0 unspecified atom stereocenters. The van der Waals surface area contributed by atoms with Gasteiger partial charge < -0.3 is 9.47 Å². The molecule has 100 valence electrons. The molecule has 0 aliphatic rings. The quantitative estimate of drug-likeness (QED) is 0.445. The summed E-state index contributed by atoms with van der Waals surface area (Å²) in [4.78, 5) is 25.3. The molecule has 1 aromatic rings. The van der Waals surface area contributed by atoms with Crippen molar-refractivity contribution in [1.29, 1.82) is 5.26 Å². The third kappa shape index (κ3) is 3.38. The van der Waals surface area contributed by atoms with Gasteiger partial charge in [0.2, 0.25) is 5.88 Å². The highest BCUT2D eigenvalue weighted by atomic mass is 16.6. The highest BCUT2D eigenvalue weighted by Crippen LogP contribution is 2.29. The minimum absolute atomic E-state index is 0.114. The number of carbonyl (C=O) groups excluding carboxylic acids is 1. The number of carbonyl (C=O) groups is 1. The zero-order valence-electron chi connectivity index (χ0n) is 10.3. The van der Waals surface area contributed by atoms with Gasteiger partial charge in [-0.3, -0.25) is 14.9 Å². The predicted molar refractivity (Wildman–Crippen MR) is 62.4 cm³/mol. The number of methoxy groups -OCH3 is 2. The summed E-state index contributed by atoms with van der Waals surface area (Å²) in [5.74, 6) is -1.58. The van der Waals surface area contributed by atoms with Crippen molar-refractivity contribution in [2.24, 2.45) is 0 Å². The first-order valence-corrected chi connectivity index (χ1v) is 5.19. The van der Waals surface area contributed by atoms with Crippen LogP contribution in [0, 0.1) is 21.4 Å². The van der Waals surface area contributed by atoms with Crippen molar-refractivity contribution >= 4 is 11.7 Å². The molecule has 19 heavy (non-hydrogen) atoms. The van der Waals surface area contributed by atoms with Crippen molar-refractivity contribution in [3.8, 4) is 11.9 Å². The van der Waals surface area contributed by atoms with Crippen molar-refractivity contribution in [3.63, 3.8) is 0 Å². The van der Waals surface area contributed by atoms with Crippen LogP contribution in [-0.2, 0) is 9.53 Å². The monoisotopic (exact) mass is 265 g/mol. The van der Waals surface area contributed by atoms with Gasteiger partial charge in [-0.15, -0.1) is 0 Å². The van der Waals surface area contributed by atoms with Crippen LogP contribution >= 0.6 is 0 Å². The first-order valence-electron chi connectivity index (χ1n) is 5.19. The molecular formula is C11H11N3O5. The fourth-order valence-corrected chi connectivity index (χ4v) is 1.43. The Bertz CT molecular complexity index is 538. The van der Waals surface area contributed by atoms with E-state index < -0.39 is 16.8 Å². The molecule has 1 aromatic heterocycles. The first kappa shape index (κ1) is 14.4. The zero-order chi connectivity index (χ0) is 14.4. The smallest absolute Gasteiger partial charge is 0.307 e. The van der Waals surface area contributed by atoms with Crippen LogP contribution in [0.4, 0.5) is 5.69 Å². The maximum absolute atomic E-state index is 11.2. The Morgan fingerprint density at radius 2 is 2.26 bits per heavy atom. The number of hydrogen-bond acceptors (Lipinski definition) is 7. The van der Waals surface area contributed by atoms with Gasteiger partial charge in [0.15, 0.2) is 0 Å². The summed E-state index contributed by atoms with van der Waals surface area (Å²) in [6, 6.07) is 4.30. The molecule has 0 bridgehead atoms. The van der Waals surface area contributed by atoms with Crippen molar-refractivity contribution in [1.82, 2.24) is 4.98 Å². The van der Waals surface area contributed by atoms with E-state index >= 15 is 0 Å². The average Bonchev–Trinajstić information content (AvgIpc) is 2.43. The van der Waals surface area contributed by atoms with Crippen molar-refractivity contribution < 1.29 is 19.2 Å². The van der Waals surface area contributed by atoms with E-state index in [1.54, 1.807) is 6.07 Å². The molecule has 0 aliphatic heterocycles. The minimum atomic E-state index is -1.07. The van der Waals surface area contributed by atoms with Gasteiger partial charge in [0, 0.05) is 12.1 Å². The lowest BCUT2D eigenvalue weighted by atomic mass is 10.0. The van der Waals surface area contributed by atoms with E-state index in [-0.39, 0.29) is 23.7 Å². The molecule has 0 aromatic carbocycles. The molecule has 0 saturated heterocycles. The molecule has 1 rings (SSSR count). The Balaban J connectivity index is 3.23. The number of esters is 1. The topological polar surface area (TPSA) is 115 Å². The lowest BCUT2D eigenvalue weighted by molar-refractivity contribution is -0.386. The van der Waals surface area contributed by atoms with E-state index in [0.29, 0.717) is 0 Å². The van der Waals surface area contributed by atoms with Crippen LogP contribution in [0.15, 0.2) is 12.1 Å². The molecule has 0 spiro atoms. The maximum atomic E-state index is 11.2. The standard InChI is InChI=1S/C11H11N3O5/c1-18-9-4-3-8(14(16)17)11(13-9)7(6-12)5-10(15)19-2/h3-4,7H,5H2,1-2H3/t7-/m0/s1. The summed E-state index contributed by atoms with van der Waals surface area (Å²) in [7, 11) is 2.52. The lowest BCUT2D eigenvalue weighted by Gasteiger charge is -2.09. The Kier molecular flexibility index (Phi) is 4.76. The summed E-state index contributed by atoms with van der Waals surface area (Å²) in [6.07, 6.45) is -0.312. The van der Waals surface area contributed by atoms with Gasteiger partial charge in [0.1, 0.15) is 11.6 Å². The SMILES string of the molecule is COC(=O)C[C@@H](C#N)c1nc(OC)ccc1[N+](=O)[O-]. The summed E-state index contributed by atoms with van der Waals surface area (Å²) in [6.45, 7) is 0. The van der Waals surface area contributed by atoms with Gasteiger partial charge >= 0.3 is 5.97 Å². The lowest BCUT2D eigenvalue weighted by Crippen LogP contribution is -2.11. The molecule has 1 atom stereocenters. The van der Waals surface area contributed by atoms with Crippen LogP contribution in [0.3, 0.4) is 0 Å². The first-order chi connectivity index (χ1) is 9.03. The summed E-state index contributed by atoms with van der Waals surface area (Å²) >= 11 is 0. The van der Waals surface area contributed by atoms with E-state index in [2.05, 4.69) is 9.72 Å². The number of pyridine rings is 1. The second kappa shape index (κ2) is 6.30. The van der Waals surface area contributed by atoms with Crippen LogP contribution in [0.5, 0.6) is 5.88 Å². The fourth-order valence-electron chi connectivity index (χ4n) is 1.43. The third-order valence-corrected chi connectivity index (χ3v) is 2.37. The van der Waals surface area contributed by atoms with Crippen LogP contribution in [0.2, 0.25) is 0 Å². The number of rotatable bonds is 5. The van der Waals surface area contributed by atoms with Gasteiger partial charge in [0.05, 0.1) is 31.6 Å². The van der Waals surface area contributed by atoms with Gasteiger partial charge in [-0.05, 0) is 0 Å². The molecule has 0 amide bonds. The van der Waals surface area contributed by atoms with E-state index in [0.717, 1.165) is 0 Å². The molecule has 0 fully saturated rings.